The molecule has 104 valence electrons. The van der Waals surface area contributed by atoms with Crippen molar-refractivity contribution in [1.29, 1.82) is 0 Å². The average Bonchev–Trinajstić information content (AvgIpc) is 2.47. The van der Waals surface area contributed by atoms with Crippen LogP contribution in [0.2, 0.25) is 0 Å². The highest BCUT2D eigenvalue weighted by Gasteiger charge is 2.12. The van der Waals surface area contributed by atoms with Crippen molar-refractivity contribution >= 4 is 11.6 Å². The van der Waals surface area contributed by atoms with Gasteiger partial charge in [0, 0.05) is 24.6 Å². The van der Waals surface area contributed by atoms with Crippen LogP contribution < -0.4 is 10.6 Å². The molecular formula is C16H19N3O. The lowest BCUT2D eigenvalue weighted by molar-refractivity contribution is -0.117. The fourth-order valence-corrected chi connectivity index (χ4v) is 1.81. The monoisotopic (exact) mass is 269 g/mol. The van der Waals surface area contributed by atoms with Crippen LogP contribution in [0.25, 0.3) is 0 Å². The van der Waals surface area contributed by atoms with Gasteiger partial charge in [0.25, 0.3) is 0 Å². The summed E-state index contributed by atoms with van der Waals surface area (Å²) in [6, 6.07) is 11.1. The first-order valence-corrected chi connectivity index (χ1v) is 6.65. The van der Waals surface area contributed by atoms with Crippen molar-refractivity contribution in [3.8, 4) is 0 Å². The second-order valence-corrected chi connectivity index (χ2v) is 4.76. The van der Waals surface area contributed by atoms with Gasteiger partial charge < -0.3 is 10.6 Å². The molecule has 4 nitrogen and oxygen atoms in total. The van der Waals surface area contributed by atoms with Crippen LogP contribution in [0.15, 0.2) is 48.8 Å². The molecule has 0 bridgehead atoms. The summed E-state index contributed by atoms with van der Waals surface area (Å²) in [6.45, 7) is 4.51. The van der Waals surface area contributed by atoms with Crippen LogP contribution in [0.5, 0.6) is 0 Å². The van der Waals surface area contributed by atoms with Crippen molar-refractivity contribution in [2.24, 2.45) is 0 Å². The van der Waals surface area contributed by atoms with Crippen LogP contribution in [0.1, 0.15) is 18.1 Å². The lowest BCUT2D eigenvalue weighted by atomic mass is 10.1. The summed E-state index contributed by atoms with van der Waals surface area (Å²) in [5.41, 5.74) is 3.08. The number of aromatic nitrogens is 1. The first kappa shape index (κ1) is 14.2. The molecule has 0 aliphatic rings. The summed E-state index contributed by atoms with van der Waals surface area (Å²) < 4.78 is 0. The Labute approximate surface area is 119 Å². The van der Waals surface area contributed by atoms with Gasteiger partial charge in [-0.25, -0.2) is 0 Å². The minimum absolute atomic E-state index is 0.0438. The molecule has 0 fully saturated rings. The summed E-state index contributed by atoms with van der Waals surface area (Å²) in [5, 5.41) is 6.08. The first-order valence-electron chi connectivity index (χ1n) is 6.65. The minimum Gasteiger partial charge on any atom is -0.325 e. The number of rotatable bonds is 5. The summed E-state index contributed by atoms with van der Waals surface area (Å²) in [4.78, 5) is 16.1. The van der Waals surface area contributed by atoms with E-state index in [0.29, 0.717) is 6.54 Å². The number of nitrogens with one attached hydrogen (secondary N) is 2. The standard InChI is InChI=1S/C16H19N3O/c1-12-8-9-17-10-14(12)11-18-13(2)16(20)19-15-6-4-3-5-7-15/h3-10,13,18H,11H2,1-2H3,(H,19,20). The Morgan fingerprint density at radius 1 is 1.25 bits per heavy atom. The van der Waals surface area contributed by atoms with Gasteiger partial charge in [0.15, 0.2) is 0 Å². The van der Waals surface area contributed by atoms with Crippen LogP contribution in [0.4, 0.5) is 5.69 Å². The number of aryl methyl sites for hydroxylation is 1. The third-order valence-electron chi connectivity index (χ3n) is 3.18. The van der Waals surface area contributed by atoms with Gasteiger partial charge in [-0.15, -0.1) is 0 Å². The number of pyridine rings is 1. The second-order valence-electron chi connectivity index (χ2n) is 4.76. The molecule has 0 radical (unpaired) electrons. The Bertz CT molecular complexity index is 569. The zero-order valence-corrected chi connectivity index (χ0v) is 11.8. The SMILES string of the molecule is Cc1ccncc1CNC(C)C(=O)Nc1ccccc1. The van der Waals surface area contributed by atoms with E-state index in [1.165, 1.54) is 5.56 Å². The van der Waals surface area contributed by atoms with Gasteiger partial charge in [-0.1, -0.05) is 18.2 Å². The number of hydrogen-bond donors (Lipinski definition) is 2. The van der Waals surface area contributed by atoms with E-state index >= 15 is 0 Å². The van der Waals surface area contributed by atoms with E-state index < -0.39 is 0 Å². The van der Waals surface area contributed by atoms with Gasteiger partial charge in [-0.3, -0.25) is 9.78 Å². The maximum atomic E-state index is 12.0. The Balaban J connectivity index is 1.87. The molecule has 1 unspecified atom stereocenters. The number of hydrogen-bond acceptors (Lipinski definition) is 3. The second kappa shape index (κ2) is 6.82. The lowest BCUT2D eigenvalue weighted by Crippen LogP contribution is -2.37. The van der Waals surface area contributed by atoms with Crippen molar-refractivity contribution in [2.45, 2.75) is 26.4 Å². The molecule has 1 atom stereocenters. The number of carbonyl (C=O) groups excluding carboxylic acids is 1. The normalized spacial score (nSPS) is 11.9. The molecule has 1 amide bonds. The summed E-state index contributed by atoms with van der Waals surface area (Å²) in [5.74, 6) is -0.0438. The summed E-state index contributed by atoms with van der Waals surface area (Å²) in [7, 11) is 0. The molecule has 20 heavy (non-hydrogen) atoms. The Morgan fingerprint density at radius 3 is 2.70 bits per heavy atom. The predicted molar refractivity (Wildman–Crippen MR) is 80.3 cm³/mol. The highest BCUT2D eigenvalue weighted by molar-refractivity contribution is 5.94. The van der Waals surface area contributed by atoms with Crippen LogP contribution >= 0.6 is 0 Å². The molecule has 2 N–H and O–H groups in total. The van der Waals surface area contributed by atoms with Gasteiger partial charge in [0.05, 0.1) is 6.04 Å². The van der Waals surface area contributed by atoms with Crippen LogP contribution in [0, 0.1) is 6.92 Å². The minimum atomic E-state index is -0.269. The Morgan fingerprint density at radius 2 is 2.00 bits per heavy atom. The zero-order valence-electron chi connectivity index (χ0n) is 11.8. The van der Waals surface area contributed by atoms with Crippen LogP contribution in [0.3, 0.4) is 0 Å². The third-order valence-corrected chi connectivity index (χ3v) is 3.18. The molecule has 0 saturated carbocycles. The number of para-hydroxylation sites is 1. The number of nitrogens with zero attached hydrogens (tertiary/aromatic N) is 1. The first-order chi connectivity index (χ1) is 9.66. The summed E-state index contributed by atoms with van der Waals surface area (Å²) >= 11 is 0. The van der Waals surface area contributed by atoms with Crippen molar-refractivity contribution in [3.63, 3.8) is 0 Å². The third kappa shape index (κ3) is 3.90. The Hall–Kier alpha value is -2.20. The van der Waals surface area contributed by atoms with Gasteiger partial charge in [-0.2, -0.15) is 0 Å². The van der Waals surface area contributed by atoms with Crippen molar-refractivity contribution in [3.05, 3.63) is 59.9 Å². The zero-order chi connectivity index (χ0) is 14.4. The van der Waals surface area contributed by atoms with Gasteiger partial charge >= 0.3 is 0 Å². The van der Waals surface area contributed by atoms with E-state index in [2.05, 4.69) is 15.6 Å². The molecular weight excluding hydrogens is 250 g/mol. The lowest BCUT2D eigenvalue weighted by Gasteiger charge is -2.14. The molecule has 4 heteroatoms. The van der Waals surface area contributed by atoms with E-state index in [9.17, 15) is 4.79 Å². The smallest absolute Gasteiger partial charge is 0.241 e. The van der Waals surface area contributed by atoms with Crippen LogP contribution in [-0.4, -0.2) is 16.9 Å². The maximum Gasteiger partial charge on any atom is 0.241 e. The molecule has 1 aromatic heterocycles. The molecule has 0 spiro atoms. The van der Waals surface area contributed by atoms with Crippen molar-refractivity contribution in [2.75, 3.05) is 5.32 Å². The van der Waals surface area contributed by atoms with E-state index in [1.54, 1.807) is 6.20 Å². The molecule has 1 heterocycles. The van der Waals surface area contributed by atoms with E-state index in [-0.39, 0.29) is 11.9 Å². The fraction of sp³-hybridized carbons (Fsp3) is 0.250. The van der Waals surface area contributed by atoms with Gasteiger partial charge in [0.2, 0.25) is 5.91 Å². The molecule has 2 aromatic rings. The fourth-order valence-electron chi connectivity index (χ4n) is 1.81. The van der Waals surface area contributed by atoms with Crippen molar-refractivity contribution in [1.82, 2.24) is 10.3 Å². The van der Waals surface area contributed by atoms with E-state index in [1.807, 2.05) is 56.4 Å². The molecule has 0 saturated heterocycles. The average molecular weight is 269 g/mol. The maximum absolute atomic E-state index is 12.0. The largest absolute Gasteiger partial charge is 0.325 e. The van der Waals surface area contributed by atoms with Crippen LogP contribution in [-0.2, 0) is 11.3 Å². The molecule has 0 aliphatic carbocycles. The Kier molecular flexibility index (Phi) is 4.85. The topological polar surface area (TPSA) is 54.0 Å². The van der Waals surface area contributed by atoms with E-state index in [0.717, 1.165) is 11.3 Å². The number of anilines is 1. The number of benzene rings is 1. The van der Waals surface area contributed by atoms with Gasteiger partial charge in [0.1, 0.15) is 0 Å². The van der Waals surface area contributed by atoms with E-state index in [4.69, 9.17) is 0 Å². The quantitative estimate of drug-likeness (QED) is 0.877. The molecule has 2 rings (SSSR count). The van der Waals surface area contributed by atoms with Crippen molar-refractivity contribution < 1.29 is 4.79 Å². The highest BCUT2D eigenvalue weighted by atomic mass is 16.2. The highest BCUT2D eigenvalue weighted by Crippen LogP contribution is 2.07. The number of carbonyl (C=O) groups is 1. The predicted octanol–water partition coefficient (Wildman–Crippen LogP) is 2.51. The summed E-state index contributed by atoms with van der Waals surface area (Å²) in [6.07, 6.45) is 3.59. The molecule has 1 aromatic carbocycles. The molecule has 0 aliphatic heterocycles. The number of amides is 1. The van der Waals surface area contributed by atoms with Gasteiger partial charge in [-0.05, 0) is 43.2 Å².